The van der Waals surface area contributed by atoms with Gasteiger partial charge in [-0.1, -0.05) is 20.8 Å². The van der Waals surface area contributed by atoms with Crippen molar-refractivity contribution in [1.82, 2.24) is 15.2 Å². The second-order valence-electron chi connectivity index (χ2n) is 6.57. The summed E-state index contributed by atoms with van der Waals surface area (Å²) in [5, 5.41) is 5.91. The third-order valence-corrected chi connectivity index (χ3v) is 4.63. The van der Waals surface area contributed by atoms with E-state index in [1.54, 1.807) is 16.2 Å². The first-order valence-electron chi connectivity index (χ1n) is 7.26. The SMILES string of the molecule is Cc1csc(CCN2CCC(=O)NC(C(C)(C)C)C2=O)n1. The number of nitrogens with one attached hydrogen (secondary N) is 1. The average Bonchev–Trinajstić information content (AvgIpc) is 2.73. The zero-order valence-corrected chi connectivity index (χ0v) is 13.9. The van der Waals surface area contributed by atoms with E-state index in [2.05, 4.69) is 10.3 Å². The minimum absolute atomic E-state index is 0.0154. The zero-order chi connectivity index (χ0) is 15.6. The van der Waals surface area contributed by atoms with Crippen molar-refractivity contribution in [2.24, 2.45) is 5.41 Å². The summed E-state index contributed by atoms with van der Waals surface area (Å²) >= 11 is 1.62. The summed E-state index contributed by atoms with van der Waals surface area (Å²) in [6.45, 7) is 9.00. The largest absolute Gasteiger partial charge is 0.344 e. The predicted molar refractivity (Wildman–Crippen MR) is 83.1 cm³/mol. The highest BCUT2D eigenvalue weighted by Crippen LogP contribution is 2.23. The number of thiazole rings is 1. The number of carbonyl (C=O) groups excluding carboxylic acids is 2. The van der Waals surface area contributed by atoms with Gasteiger partial charge in [0.2, 0.25) is 11.8 Å². The lowest BCUT2D eigenvalue weighted by Gasteiger charge is -2.32. The van der Waals surface area contributed by atoms with Gasteiger partial charge in [0.15, 0.2) is 0 Å². The third-order valence-electron chi connectivity index (χ3n) is 3.60. The van der Waals surface area contributed by atoms with Crippen LogP contribution >= 0.6 is 11.3 Å². The maximum absolute atomic E-state index is 12.7. The van der Waals surface area contributed by atoms with E-state index in [1.807, 2.05) is 33.1 Å². The summed E-state index contributed by atoms with van der Waals surface area (Å²) in [7, 11) is 0. The molecule has 2 rings (SSSR count). The standard InChI is InChI=1S/C15H23N3O2S/c1-10-9-21-12(16-10)6-8-18-7-5-11(19)17-13(14(18)20)15(2,3)4/h9,13H,5-8H2,1-4H3,(H,17,19). The molecule has 1 aromatic heterocycles. The van der Waals surface area contributed by atoms with Crippen molar-refractivity contribution in [3.8, 4) is 0 Å². The van der Waals surface area contributed by atoms with Gasteiger partial charge in [0.1, 0.15) is 6.04 Å². The summed E-state index contributed by atoms with van der Waals surface area (Å²) in [6.07, 6.45) is 1.12. The fourth-order valence-electron chi connectivity index (χ4n) is 2.38. The Bertz CT molecular complexity index is 533. The summed E-state index contributed by atoms with van der Waals surface area (Å²) in [4.78, 5) is 30.7. The lowest BCUT2D eigenvalue weighted by atomic mass is 9.86. The second-order valence-corrected chi connectivity index (χ2v) is 7.52. The van der Waals surface area contributed by atoms with Crippen molar-refractivity contribution < 1.29 is 9.59 Å². The quantitative estimate of drug-likeness (QED) is 0.925. The van der Waals surface area contributed by atoms with E-state index >= 15 is 0 Å². The molecule has 0 bridgehead atoms. The molecule has 0 radical (unpaired) electrons. The van der Waals surface area contributed by atoms with Crippen molar-refractivity contribution in [2.75, 3.05) is 13.1 Å². The Hall–Kier alpha value is -1.43. The van der Waals surface area contributed by atoms with Gasteiger partial charge in [0, 0.05) is 37.0 Å². The van der Waals surface area contributed by atoms with Gasteiger partial charge in [-0.2, -0.15) is 0 Å². The van der Waals surface area contributed by atoms with Crippen molar-refractivity contribution in [2.45, 2.75) is 46.6 Å². The number of nitrogens with zero attached hydrogens (tertiary/aromatic N) is 2. The highest BCUT2D eigenvalue weighted by Gasteiger charge is 2.37. The second kappa shape index (κ2) is 6.13. The first-order chi connectivity index (χ1) is 9.77. The van der Waals surface area contributed by atoms with Gasteiger partial charge in [0.05, 0.1) is 5.01 Å². The number of aromatic nitrogens is 1. The summed E-state index contributed by atoms with van der Waals surface area (Å²) < 4.78 is 0. The molecule has 1 aliphatic heterocycles. The van der Waals surface area contributed by atoms with Gasteiger partial charge in [-0.3, -0.25) is 9.59 Å². The fourth-order valence-corrected chi connectivity index (χ4v) is 3.15. The molecule has 1 aliphatic rings. The number of aryl methyl sites for hydroxylation is 1. The van der Waals surface area contributed by atoms with Gasteiger partial charge in [-0.25, -0.2) is 4.98 Å². The van der Waals surface area contributed by atoms with Gasteiger partial charge >= 0.3 is 0 Å². The van der Waals surface area contributed by atoms with E-state index in [0.29, 0.717) is 19.5 Å². The number of amides is 2. The molecule has 1 fully saturated rings. The van der Waals surface area contributed by atoms with E-state index in [1.165, 1.54) is 0 Å². The predicted octanol–water partition coefficient (Wildman–Crippen LogP) is 1.76. The molecule has 1 aromatic rings. The summed E-state index contributed by atoms with van der Waals surface area (Å²) in [6, 6.07) is -0.453. The lowest BCUT2D eigenvalue weighted by molar-refractivity contribution is -0.136. The van der Waals surface area contributed by atoms with Gasteiger partial charge < -0.3 is 10.2 Å². The van der Waals surface area contributed by atoms with Crippen LogP contribution in [0.1, 0.15) is 37.9 Å². The third kappa shape index (κ3) is 4.03. The van der Waals surface area contributed by atoms with Crippen molar-refractivity contribution in [1.29, 1.82) is 0 Å². The number of rotatable bonds is 3. The van der Waals surface area contributed by atoms with Gasteiger partial charge in [-0.05, 0) is 12.3 Å². The van der Waals surface area contributed by atoms with E-state index in [9.17, 15) is 9.59 Å². The molecule has 2 amide bonds. The number of carbonyl (C=O) groups is 2. The molecule has 1 unspecified atom stereocenters. The molecule has 0 aromatic carbocycles. The Morgan fingerprint density at radius 3 is 2.71 bits per heavy atom. The van der Waals surface area contributed by atoms with Crippen LogP contribution in [0.2, 0.25) is 0 Å². The van der Waals surface area contributed by atoms with Crippen LogP contribution in [0.4, 0.5) is 0 Å². The normalized spacial score (nSPS) is 20.4. The van der Waals surface area contributed by atoms with Crippen molar-refractivity contribution in [3.05, 3.63) is 16.1 Å². The molecule has 2 heterocycles. The maximum atomic E-state index is 12.7. The highest BCUT2D eigenvalue weighted by molar-refractivity contribution is 7.09. The van der Waals surface area contributed by atoms with Crippen LogP contribution in [0, 0.1) is 12.3 Å². The summed E-state index contributed by atoms with van der Waals surface area (Å²) in [5.41, 5.74) is 0.731. The molecule has 0 spiro atoms. The topological polar surface area (TPSA) is 62.3 Å². The van der Waals surface area contributed by atoms with Crippen molar-refractivity contribution >= 4 is 23.2 Å². The van der Waals surface area contributed by atoms with Crippen LogP contribution in [-0.4, -0.2) is 40.8 Å². The first-order valence-corrected chi connectivity index (χ1v) is 8.14. The highest BCUT2D eigenvalue weighted by atomic mass is 32.1. The molecular weight excluding hydrogens is 286 g/mol. The van der Waals surface area contributed by atoms with E-state index in [-0.39, 0.29) is 17.2 Å². The van der Waals surface area contributed by atoms with Gasteiger partial charge in [0.25, 0.3) is 0 Å². The molecule has 1 atom stereocenters. The zero-order valence-electron chi connectivity index (χ0n) is 13.1. The van der Waals surface area contributed by atoms with Gasteiger partial charge in [-0.15, -0.1) is 11.3 Å². The molecule has 1 saturated heterocycles. The Morgan fingerprint density at radius 1 is 1.43 bits per heavy atom. The smallest absolute Gasteiger partial charge is 0.245 e. The van der Waals surface area contributed by atoms with E-state index < -0.39 is 6.04 Å². The maximum Gasteiger partial charge on any atom is 0.245 e. The van der Waals surface area contributed by atoms with Crippen LogP contribution < -0.4 is 5.32 Å². The monoisotopic (exact) mass is 309 g/mol. The molecule has 6 heteroatoms. The lowest BCUT2D eigenvalue weighted by Crippen LogP contribution is -2.52. The minimum Gasteiger partial charge on any atom is -0.344 e. The van der Waals surface area contributed by atoms with Crippen molar-refractivity contribution in [3.63, 3.8) is 0 Å². The number of hydrogen-bond acceptors (Lipinski definition) is 4. The van der Waals surface area contributed by atoms with Crippen LogP contribution in [0.5, 0.6) is 0 Å². The fraction of sp³-hybridized carbons (Fsp3) is 0.667. The molecule has 0 saturated carbocycles. The Labute approximate surface area is 129 Å². The average molecular weight is 309 g/mol. The van der Waals surface area contributed by atoms with Crippen LogP contribution in [0.3, 0.4) is 0 Å². The number of hydrogen-bond donors (Lipinski definition) is 1. The van der Waals surface area contributed by atoms with Crippen LogP contribution in [0.15, 0.2) is 5.38 Å². The van der Waals surface area contributed by atoms with E-state index in [4.69, 9.17) is 0 Å². The molecule has 21 heavy (non-hydrogen) atoms. The first kappa shape index (κ1) is 15.9. The Kier molecular flexibility index (Phi) is 4.66. The minimum atomic E-state index is -0.453. The Morgan fingerprint density at radius 2 is 2.14 bits per heavy atom. The van der Waals surface area contributed by atoms with E-state index in [0.717, 1.165) is 17.1 Å². The molecule has 5 nitrogen and oxygen atoms in total. The Balaban J connectivity index is 2.07. The molecular formula is C15H23N3O2S. The molecule has 0 aliphatic carbocycles. The molecule has 1 N–H and O–H groups in total. The van der Waals surface area contributed by atoms with Crippen LogP contribution in [-0.2, 0) is 16.0 Å². The van der Waals surface area contributed by atoms with Crippen LogP contribution in [0.25, 0.3) is 0 Å². The summed E-state index contributed by atoms with van der Waals surface area (Å²) in [5.74, 6) is -0.0301. The molecule has 116 valence electrons.